The van der Waals surface area contributed by atoms with E-state index in [1.165, 1.54) is 17.7 Å². The van der Waals surface area contributed by atoms with Crippen molar-refractivity contribution in [2.45, 2.75) is 6.54 Å². The summed E-state index contributed by atoms with van der Waals surface area (Å²) in [6.07, 6.45) is 0. The Kier molecular flexibility index (Phi) is 5.05. The minimum absolute atomic E-state index is 0.280. The molecule has 7 nitrogen and oxygen atoms in total. The summed E-state index contributed by atoms with van der Waals surface area (Å²) in [5, 5.41) is 3.69. The summed E-state index contributed by atoms with van der Waals surface area (Å²) in [5.41, 5.74) is 1.28. The number of nitrogens with one attached hydrogen (secondary N) is 1. The minimum Gasteiger partial charge on any atom is -0.321 e. The van der Waals surface area contributed by atoms with Crippen molar-refractivity contribution in [3.63, 3.8) is 0 Å². The van der Waals surface area contributed by atoms with Gasteiger partial charge in [-0.05, 0) is 35.9 Å². The van der Waals surface area contributed by atoms with Crippen LogP contribution in [0.15, 0.2) is 70.3 Å². The zero-order valence-electron chi connectivity index (χ0n) is 16.4. The first kappa shape index (κ1) is 19.7. The van der Waals surface area contributed by atoms with Gasteiger partial charge in [0.15, 0.2) is 0 Å². The zero-order chi connectivity index (χ0) is 21.4. The summed E-state index contributed by atoms with van der Waals surface area (Å²) in [6.45, 7) is 0.328. The third-order valence-electron chi connectivity index (χ3n) is 5.01. The lowest BCUT2D eigenvalue weighted by Crippen LogP contribution is -2.37. The molecule has 0 unspecified atom stereocenters. The second-order valence-electron chi connectivity index (χ2n) is 7.01. The van der Waals surface area contributed by atoms with Crippen LogP contribution < -0.4 is 16.6 Å². The number of benzene rings is 2. The van der Waals surface area contributed by atoms with Gasteiger partial charge in [0.1, 0.15) is 11.3 Å². The number of hydrogen-bond acceptors (Lipinski definition) is 3. The van der Waals surface area contributed by atoms with Crippen molar-refractivity contribution in [1.29, 1.82) is 0 Å². The number of aryl methyl sites for hydroxylation is 1. The molecule has 2 aromatic carbocycles. The van der Waals surface area contributed by atoms with Gasteiger partial charge in [0.25, 0.3) is 11.5 Å². The summed E-state index contributed by atoms with van der Waals surface area (Å²) in [5.74, 6) is -0.390. The molecule has 2 heterocycles. The normalized spacial score (nSPS) is 11.0. The summed E-state index contributed by atoms with van der Waals surface area (Å²) >= 11 is 5.91. The van der Waals surface area contributed by atoms with Gasteiger partial charge in [0.05, 0.1) is 5.39 Å². The van der Waals surface area contributed by atoms with Crippen LogP contribution in [0.3, 0.4) is 0 Å². The van der Waals surface area contributed by atoms with Crippen LogP contribution in [-0.2, 0) is 20.6 Å². The van der Waals surface area contributed by atoms with Gasteiger partial charge in [-0.3, -0.25) is 18.7 Å². The number of carbonyl (C=O) groups excluding carboxylic acids is 1. The van der Waals surface area contributed by atoms with E-state index in [0.29, 0.717) is 28.3 Å². The fraction of sp³-hybridized carbons (Fsp3) is 0.136. The largest absolute Gasteiger partial charge is 0.332 e. The van der Waals surface area contributed by atoms with Crippen molar-refractivity contribution in [2.24, 2.45) is 14.1 Å². The van der Waals surface area contributed by atoms with Gasteiger partial charge >= 0.3 is 5.69 Å². The molecular formula is C22H19ClN4O3. The highest BCUT2D eigenvalue weighted by Gasteiger charge is 2.21. The first-order valence-corrected chi connectivity index (χ1v) is 9.64. The van der Waals surface area contributed by atoms with E-state index in [1.807, 2.05) is 30.3 Å². The molecule has 0 aliphatic carbocycles. The number of hydrogen-bond donors (Lipinski definition) is 1. The molecule has 0 radical (unpaired) electrons. The van der Waals surface area contributed by atoms with Crippen LogP contribution in [0.25, 0.3) is 11.0 Å². The highest BCUT2D eigenvalue weighted by Crippen LogP contribution is 2.20. The number of carbonyl (C=O) groups is 1. The summed E-state index contributed by atoms with van der Waals surface area (Å²) in [4.78, 5) is 38.3. The molecule has 1 N–H and O–H groups in total. The predicted octanol–water partition coefficient (Wildman–Crippen LogP) is 2.99. The Balaban J connectivity index is 1.90. The van der Waals surface area contributed by atoms with E-state index in [9.17, 15) is 14.4 Å². The molecule has 4 aromatic rings. The Morgan fingerprint density at radius 3 is 2.30 bits per heavy atom. The van der Waals surface area contributed by atoms with Gasteiger partial charge in [-0.2, -0.15) is 0 Å². The average Bonchev–Trinajstić information content (AvgIpc) is 3.12. The van der Waals surface area contributed by atoms with E-state index in [-0.39, 0.29) is 11.6 Å². The second kappa shape index (κ2) is 7.68. The monoisotopic (exact) mass is 422 g/mol. The van der Waals surface area contributed by atoms with Crippen LogP contribution in [-0.4, -0.2) is 19.6 Å². The van der Waals surface area contributed by atoms with Crippen molar-refractivity contribution in [3.05, 3.63) is 97.8 Å². The highest BCUT2D eigenvalue weighted by atomic mass is 35.5. The van der Waals surface area contributed by atoms with Crippen molar-refractivity contribution in [1.82, 2.24) is 13.7 Å². The van der Waals surface area contributed by atoms with E-state index >= 15 is 0 Å². The molecular weight excluding hydrogens is 404 g/mol. The lowest BCUT2D eigenvalue weighted by atomic mass is 10.2. The fourth-order valence-corrected chi connectivity index (χ4v) is 3.61. The van der Waals surface area contributed by atoms with Gasteiger partial charge in [-0.1, -0.05) is 41.9 Å². The van der Waals surface area contributed by atoms with Crippen LogP contribution in [0.4, 0.5) is 5.69 Å². The van der Waals surface area contributed by atoms with Crippen molar-refractivity contribution in [3.8, 4) is 0 Å². The molecule has 0 aliphatic heterocycles. The average molecular weight is 423 g/mol. The smallest absolute Gasteiger partial charge is 0.321 e. The van der Waals surface area contributed by atoms with Crippen molar-refractivity contribution < 1.29 is 4.79 Å². The van der Waals surface area contributed by atoms with E-state index < -0.39 is 11.2 Å². The van der Waals surface area contributed by atoms with Gasteiger partial charge in [-0.15, -0.1) is 0 Å². The number of nitrogens with zero attached hydrogens (tertiary/aromatic N) is 3. The first-order valence-electron chi connectivity index (χ1n) is 9.27. The Morgan fingerprint density at radius 1 is 0.967 bits per heavy atom. The standard InChI is InChI=1S/C22H19ClN4O3/c1-25-20-17(21(29)26(2)22(25)30)12-18(27(20)13-14-6-4-3-5-7-14)19(28)24-16-10-8-15(23)9-11-16/h3-12H,13H2,1-2H3,(H,24,28). The summed E-state index contributed by atoms with van der Waals surface area (Å²) in [7, 11) is 3.01. The second-order valence-corrected chi connectivity index (χ2v) is 7.44. The Hall–Kier alpha value is -3.58. The SMILES string of the molecule is Cn1c(=O)c2cc(C(=O)Nc3ccc(Cl)cc3)n(Cc3ccccc3)c2n(C)c1=O. The van der Waals surface area contributed by atoms with E-state index in [1.54, 1.807) is 35.9 Å². The maximum absolute atomic E-state index is 13.1. The van der Waals surface area contributed by atoms with Crippen LogP contribution in [0.5, 0.6) is 0 Å². The lowest BCUT2D eigenvalue weighted by molar-refractivity contribution is 0.101. The topological polar surface area (TPSA) is 78.0 Å². The number of rotatable bonds is 4. The van der Waals surface area contributed by atoms with Crippen LogP contribution in [0.2, 0.25) is 5.02 Å². The van der Waals surface area contributed by atoms with Crippen LogP contribution >= 0.6 is 11.6 Å². The van der Waals surface area contributed by atoms with Crippen molar-refractivity contribution >= 4 is 34.2 Å². The quantitative estimate of drug-likeness (QED) is 0.549. The number of fused-ring (bicyclic) bond motifs is 1. The number of anilines is 1. The maximum atomic E-state index is 13.1. The van der Waals surface area contributed by atoms with Gasteiger partial charge in [0.2, 0.25) is 0 Å². The minimum atomic E-state index is -0.454. The predicted molar refractivity (Wildman–Crippen MR) is 117 cm³/mol. The van der Waals surface area contributed by atoms with Gasteiger partial charge < -0.3 is 9.88 Å². The molecule has 2 aromatic heterocycles. The highest BCUT2D eigenvalue weighted by molar-refractivity contribution is 6.30. The third kappa shape index (κ3) is 3.44. The molecule has 152 valence electrons. The van der Waals surface area contributed by atoms with Gasteiger partial charge in [0, 0.05) is 31.4 Å². The molecule has 0 bridgehead atoms. The van der Waals surface area contributed by atoms with E-state index in [4.69, 9.17) is 11.6 Å². The molecule has 0 aliphatic rings. The molecule has 30 heavy (non-hydrogen) atoms. The van der Waals surface area contributed by atoms with Crippen LogP contribution in [0.1, 0.15) is 16.1 Å². The van der Waals surface area contributed by atoms with Crippen molar-refractivity contribution in [2.75, 3.05) is 5.32 Å². The Bertz CT molecular complexity index is 1370. The fourth-order valence-electron chi connectivity index (χ4n) is 3.48. The van der Waals surface area contributed by atoms with Gasteiger partial charge in [-0.25, -0.2) is 4.79 Å². The molecule has 4 rings (SSSR count). The van der Waals surface area contributed by atoms with Crippen LogP contribution in [0, 0.1) is 0 Å². The van der Waals surface area contributed by atoms with E-state index in [0.717, 1.165) is 10.1 Å². The summed E-state index contributed by atoms with van der Waals surface area (Å²) < 4.78 is 4.12. The Morgan fingerprint density at radius 2 is 1.63 bits per heavy atom. The molecule has 0 atom stereocenters. The molecule has 0 fully saturated rings. The first-order chi connectivity index (χ1) is 14.4. The Labute approximate surface area is 176 Å². The third-order valence-corrected chi connectivity index (χ3v) is 5.27. The lowest BCUT2D eigenvalue weighted by Gasteiger charge is -2.13. The summed E-state index contributed by atoms with van der Waals surface area (Å²) in [6, 6.07) is 17.8. The molecule has 0 saturated carbocycles. The molecule has 1 amide bonds. The molecule has 8 heteroatoms. The molecule has 0 saturated heterocycles. The van der Waals surface area contributed by atoms with E-state index in [2.05, 4.69) is 5.32 Å². The maximum Gasteiger partial charge on any atom is 0.332 e. The number of halogens is 1. The molecule has 0 spiro atoms. The zero-order valence-corrected chi connectivity index (χ0v) is 17.2. The number of amides is 1. The number of aromatic nitrogens is 3.